The summed E-state index contributed by atoms with van der Waals surface area (Å²) < 4.78 is 0. The van der Waals surface area contributed by atoms with Crippen molar-refractivity contribution in [2.24, 2.45) is 5.41 Å². The molecule has 1 aliphatic carbocycles. The summed E-state index contributed by atoms with van der Waals surface area (Å²) in [4.78, 5) is 26.1. The van der Waals surface area contributed by atoms with E-state index >= 15 is 0 Å². The molecule has 1 aliphatic rings. The molecule has 1 fully saturated rings. The average Bonchev–Trinajstić information content (AvgIpc) is 2.86. The largest absolute Gasteiger partial charge is 0.477 e. The fourth-order valence-electron chi connectivity index (χ4n) is 1.61. The molecule has 0 aromatic carbocycles. The van der Waals surface area contributed by atoms with Gasteiger partial charge >= 0.3 is 5.97 Å². The number of hydrogen-bond acceptors (Lipinski definition) is 3. The van der Waals surface area contributed by atoms with E-state index in [1.54, 1.807) is 0 Å². The van der Waals surface area contributed by atoms with Crippen LogP contribution in [0, 0.1) is 5.41 Å². The summed E-state index contributed by atoms with van der Waals surface area (Å²) >= 11 is 0. The molecule has 1 atom stereocenters. The number of carboxylic acids is 1. The van der Waals surface area contributed by atoms with Crippen LogP contribution in [-0.4, -0.2) is 28.0 Å². The van der Waals surface area contributed by atoms with E-state index in [1.807, 2.05) is 0 Å². The summed E-state index contributed by atoms with van der Waals surface area (Å²) in [6, 6.07) is 3.00. The van der Waals surface area contributed by atoms with Crippen LogP contribution in [0.1, 0.15) is 41.1 Å². The van der Waals surface area contributed by atoms with Gasteiger partial charge in [0.2, 0.25) is 0 Å². The van der Waals surface area contributed by atoms with Gasteiger partial charge in [0.05, 0.1) is 5.56 Å². The molecule has 2 N–H and O–H groups in total. The van der Waals surface area contributed by atoms with Crippen LogP contribution in [0.4, 0.5) is 0 Å². The van der Waals surface area contributed by atoms with E-state index in [0.29, 0.717) is 5.56 Å². The predicted molar refractivity (Wildman–Crippen MR) is 60.8 cm³/mol. The Morgan fingerprint density at radius 1 is 1.47 bits per heavy atom. The molecule has 2 rings (SSSR count). The van der Waals surface area contributed by atoms with Gasteiger partial charge in [-0.15, -0.1) is 0 Å². The minimum absolute atomic E-state index is 0.0618. The Morgan fingerprint density at radius 2 is 2.12 bits per heavy atom. The van der Waals surface area contributed by atoms with Crippen molar-refractivity contribution < 1.29 is 14.7 Å². The molecule has 5 nitrogen and oxygen atoms in total. The van der Waals surface area contributed by atoms with E-state index in [9.17, 15) is 9.59 Å². The zero-order chi connectivity index (χ0) is 12.6. The van der Waals surface area contributed by atoms with Crippen molar-refractivity contribution in [3.63, 3.8) is 0 Å². The van der Waals surface area contributed by atoms with Crippen LogP contribution >= 0.6 is 0 Å². The quantitative estimate of drug-likeness (QED) is 0.826. The molecule has 1 aromatic rings. The highest BCUT2D eigenvalue weighted by molar-refractivity contribution is 5.95. The lowest BCUT2D eigenvalue weighted by Crippen LogP contribution is -2.28. The second-order valence-corrected chi connectivity index (χ2v) is 4.96. The minimum atomic E-state index is -1.10. The third kappa shape index (κ3) is 2.43. The smallest absolute Gasteiger partial charge is 0.354 e. The number of carbonyl (C=O) groups excluding carboxylic acids is 1. The van der Waals surface area contributed by atoms with E-state index in [1.165, 1.54) is 18.3 Å². The molecule has 1 amide bonds. The Hall–Kier alpha value is -1.91. The Morgan fingerprint density at radius 3 is 2.53 bits per heavy atom. The molecule has 0 aliphatic heterocycles. The molecule has 17 heavy (non-hydrogen) atoms. The van der Waals surface area contributed by atoms with E-state index in [0.717, 1.165) is 6.42 Å². The second kappa shape index (κ2) is 3.84. The topological polar surface area (TPSA) is 79.3 Å². The lowest BCUT2D eigenvalue weighted by atomic mass is 10.2. The molecule has 0 bridgehead atoms. The Kier molecular flexibility index (Phi) is 2.61. The number of nitrogens with one attached hydrogen (secondary N) is 1. The number of carbonyl (C=O) groups is 2. The van der Waals surface area contributed by atoms with Crippen molar-refractivity contribution >= 4 is 11.9 Å². The van der Waals surface area contributed by atoms with Gasteiger partial charge in [-0.3, -0.25) is 4.79 Å². The summed E-state index contributed by atoms with van der Waals surface area (Å²) in [5, 5.41) is 11.6. The fourth-order valence-corrected chi connectivity index (χ4v) is 1.61. The predicted octanol–water partition coefficient (Wildman–Crippen LogP) is 1.31. The Bertz CT molecular complexity index is 465. The minimum Gasteiger partial charge on any atom is -0.477 e. The number of aromatic carboxylic acids is 1. The highest BCUT2D eigenvalue weighted by Crippen LogP contribution is 2.44. The molecule has 90 valence electrons. The SMILES string of the molecule is CC1(C)CC1NC(=O)c1ccc(C(=O)O)nc1. The van der Waals surface area contributed by atoms with E-state index < -0.39 is 5.97 Å². The van der Waals surface area contributed by atoms with Crippen molar-refractivity contribution in [3.05, 3.63) is 29.6 Å². The molecule has 1 unspecified atom stereocenters. The van der Waals surface area contributed by atoms with Crippen molar-refractivity contribution in [2.45, 2.75) is 26.3 Å². The molecule has 1 heterocycles. The number of carboxylic acid groups (broad SMARTS) is 1. The Labute approximate surface area is 98.9 Å². The van der Waals surface area contributed by atoms with Crippen LogP contribution in [0.5, 0.6) is 0 Å². The van der Waals surface area contributed by atoms with Gasteiger partial charge in [0.15, 0.2) is 0 Å². The van der Waals surface area contributed by atoms with Gasteiger partial charge < -0.3 is 10.4 Å². The lowest BCUT2D eigenvalue weighted by molar-refractivity contribution is 0.0689. The zero-order valence-corrected chi connectivity index (χ0v) is 9.73. The monoisotopic (exact) mass is 234 g/mol. The van der Waals surface area contributed by atoms with Crippen molar-refractivity contribution in [1.82, 2.24) is 10.3 Å². The first kappa shape index (κ1) is 11.6. The van der Waals surface area contributed by atoms with Gasteiger partial charge in [-0.1, -0.05) is 13.8 Å². The second-order valence-electron chi connectivity index (χ2n) is 4.96. The first-order valence-electron chi connectivity index (χ1n) is 5.40. The normalized spacial score (nSPS) is 20.7. The van der Waals surface area contributed by atoms with Crippen LogP contribution in [0.3, 0.4) is 0 Å². The van der Waals surface area contributed by atoms with Gasteiger partial charge in [0, 0.05) is 12.2 Å². The fraction of sp³-hybridized carbons (Fsp3) is 0.417. The van der Waals surface area contributed by atoms with Gasteiger partial charge in [0.1, 0.15) is 5.69 Å². The molecule has 1 aromatic heterocycles. The summed E-state index contributed by atoms with van der Waals surface area (Å²) in [5.41, 5.74) is 0.496. The van der Waals surface area contributed by atoms with Crippen molar-refractivity contribution in [1.29, 1.82) is 0 Å². The standard InChI is InChI=1S/C12H14N2O3/c1-12(2)5-9(12)14-10(15)7-3-4-8(11(16)17)13-6-7/h3-4,6,9H,5H2,1-2H3,(H,14,15)(H,16,17). The molecule has 1 saturated carbocycles. The van der Waals surface area contributed by atoms with Gasteiger partial charge in [-0.2, -0.15) is 0 Å². The average molecular weight is 234 g/mol. The maximum atomic E-state index is 11.8. The van der Waals surface area contributed by atoms with Crippen LogP contribution < -0.4 is 5.32 Å². The lowest BCUT2D eigenvalue weighted by Gasteiger charge is -2.06. The molecule has 0 spiro atoms. The van der Waals surface area contributed by atoms with Gasteiger partial charge in [-0.25, -0.2) is 9.78 Å². The van der Waals surface area contributed by atoms with Crippen LogP contribution in [0.25, 0.3) is 0 Å². The van der Waals surface area contributed by atoms with E-state index in [2.05, 4.69) is 24.1 Å². The third-order valence-electron chi connectivity index (χ3n) is 3.06. The number of nitrogens with zero attached hydrogens (tertiary/aromatic N) is 1. The third-order valence-corrected chi connectivity index (χ3v) is 3.06. The number of rotatable bonds is 3. The zero-order valence-electron chi connectivity index (χ0n) is 9.73. The number of pyridine rings is 1. The highest BCUT2D eigenvalue weighted by Gasteiger charge is 2.46. The van der Waals surface area contributed by atoms with Gasteiger partial charge in [0.25, 0.3) is 5.91 Å². The number of hydrogen-bond donors (Lipinski definition) is 2. The summed E-state index contributed by atoms with van der Waals surface area (Å²) in [6.45, 7) is 4.17. The summed E-state index contributed by atoms with van der Waals surface area (Å²) in [6.07, 6.45) is 2.26. The van der Waals surface area contributed by atoms with Crippen molar-refractivity contribution in [2.75, 3.05) is 0 Å². The summed E-state index contributed by atoms with van der Waals surface area (Å²) in [5.74, 6) is -1.30. The molecular formula is C12H14N2O3. The molecule has 0 saturated heterocycles. The highest BCUT2D eigenvalue weighted by atomic mass is 16.4. The van der Waals surface area contributed by atoms with Crippen LogP contribution in [0.15, 0.2) is 18.3 Å². The van der Waals surface area contributed by atoms with Crippen LogP contribution in [0.2, 0.25) is 0 Å². The molecule has 0 radical (unpaired) electrons. The molecular weight excluding hydrogens is 220 g/mol. The maximum Gasteiger partial charge on any atom is 0.354 e. The number of amides is 1. The Balaban J connectivity index is 2.02. The molecule has 5 heteroatoms. The van der Waals surface area contributed by atoms with E-state index in [4.69, 9.17) is 5.11 Å². The van der Waals surface area contributed by atoms with Gasteiger partial charge in [-0.05, 0) is 24.0 Å². The van der Waals surface area contributed by atoms with Crippen LogP contribution in [-0.2, 0) is 0 Å². The van der Waals surface area contributed by atoms with E-state index in [-0.39, 0.29) is 23.1 Å². The first-order chi connectivity index (χ1) is 7.90. The van der Waals surface area contributed by atoms with Crippen molar-refractivity contribution in [3.8, 4) is 0 Å². The maximum absolute atomic E-state index is 11.8. The first-order valence-corrected chi connectivity index (χ1v) is 5.40. The summed E-state index contributed by atoms with van der Waals surface area (Å²) in [7, 11) is 0. The number of aromatic nitrogens is 1.